The highest BCUT2D eigenvalue weighted by atomic mass is 79.9. The van der Waals surface area contributed by atoms with E-state index in [1.165, 1.54) is 0 Å². The highest BCUT2D eigenvalue weighted by molar-refractivity contribution is 9.10. The molecule has 0 saturated carbocycles. The molecule has 0 atom stereocenters. The average Bonchev–Trinajstić information content (AvgIpc) is 3.01. The maximum atomic E-state index is 13.3. The molecule has 3 nitrogen and oxygen atoms in total. The summed E-state index contributed by atoms with van der Waals surface area (Å²) in [6.07, 6.45) is 1.82. The van der Waals surface area contributed by atoms with Gasteiger partial charge in [-0.3, -0.25) is 9.69 Å². The van der Waals surface area contributed by atoms with Crippen molar-refractivity contribution in [2.75, 3.05) is 4.90 Å². The van der Waals surface area contributed by atoms with Crippen molar-refractivity contribution in [1.82, 2.24) is 0 Å². The van der Waals surface area contributed by atoms with Crippen LogP contribution in [0.15, 0.2) is 92.4 Å². The van der Waals surface area contributed by atoms with E-state index in [4.69, 9.17) is 4.99 Å². The summed E-state index contributed by atoms with van der Waals surface area (Å²) in [6, 6.07) is 23.5. The van der Waals surface area contributed by atoms with E-state index in [0.29, 0.717) is 11.5 Å². The van der Waals surface area contributed by atoms with E-state index in [9.17, 15) is 4.79 Å². The van der Waals surface area contributed by atoms with Crippen LogP contribution in [0, 0.1) is 6.92 Å². The highest BCUT2D eigenvalue weighted by Crippen LogP contribution is 2.29. The molecule has 0 unspecified atom stereocenters. The van der Waals surface area contributed by atoms with E-state index in [-0.39, 0.29) is 5.91 Å². The first kappa shape index (κ1) is 18.8. The molecule has 0 saturated heterocycles. The summed E-state index contributed by atoms with van der Waals surface area (Å²) >= 11 is 6.89. The number of carbonyl (C=O) groups excluding carboxylic acids is 1. The normalized spacial score (nSPS) is 15.2. The summed E-state index contributed by atoms with van der Waals surface area (Å²) in [5, 5.41) is 0. The van der Waals surface area contributed by atoms with Crippen LogP contribution in [0.4, 0.5) is 5.69 Å². The third-order valence-corrected chi connectivity index (χ3v) is 5.45. The zero-order chi connectivity index (χ0) is 19.7. The number of halogens is 2. The van der Waals surface area contributed by atoms with Gasteiger partial charge in [-0.15, -0.1) is 0 Å². The first-order valence-corrected chi connectivity index (χ1v) is 10.3. The topological polar surface area (TPSA) is 32.7 Å². The molecule has 3 aromatic carbocycles. The minimum Gasteiger partial charge on any atom is -0.266 e. The minimum atomic E-state index is -0.137. The summed E-state index contributed by atoms with van der Waals surface area (Å²) in [4.78, 5) is 19.6. The highest BCUT2D eigenvalue weighted by Gasteiger charge is 2.32. The standard InChI is InChI=1S/C23H16Br2N2O/c1-15-3-2-4-17(13-15)22-26-21(14-16-5-7-18(24)8-6-16)23(28)27(22)20-11-9-19(25)10-12-20/h2-14H,1H3/b21-14+. The zero-order valence-electron chi connectivity index (χ0n) is 15.1. The molecule has 0 N–H and O–H groups in total. The van der Waals surface area contributed by atoms with Crippen molar-refractivity contribution in [1.29, 1.82) is 0 Å². The Bertz CT molecular complexity index is 1100. The molecule has 4 rings (SSSR count). The maximum Gasteiger partial charge on any atom is 0.282 e. The molecule has 0 fully saturated rings. The van der Waals surface area contributed by atoms with Gasteiger partial charge in [-0.2, -0.15) is 0 Å². The van der Waals surface area contributed by atoms with Crippen LogP contribution in [0.5, 0.6) is 0 Å². The second-order valence-corrected chi connectivity index (χ2v) is 8.33. The lowest BCUT2D eigenvalue weighted by atomic mass is 10.1. The number of anilines is 1. The number of aliphatic imine (C=N–C) groups is 1. The minimum absolute atomic E-state index is 0.137. The molecule has 0 spiro atoms. The summed E-state index contributed by atoms with van der Waals surface area (Å²) < 4.78 is 1.95. The number of carbonyl (C=O) groups is 1. The molecule has 1 amide bonds. The van der Waals surface area contributed by atoms with Crippen LogP contribution in [-0.4, -0.2) is 11.7 Å². The Balaban J connectivity index is 1.82. The predicted molar refractivity (Wildman–Crippen MR) is 121 cm³/mol. The molecule has 1 aliphatic heterocycles. The third-order valence-electron chi connectivity index (χ3n) is 4.39. The van der Waals surface area contributed by atoms with Crippen molar-refractivity contribution < 1.29 is 4.79 Å². The molecule has 0 aliphatic carbocycles. The fourth-order valence-electron chi connectivity index (χ4n) is 3.04. The van der Waals surface area contributed by atoms with Gasteiger partial charge in [0, 0.05) is 14.5 Å². The third kappa shape index (κ3) is 3.86. The van der Waals surface area contributed by atoms with Gasteiger partial charge in [0.25, 0.3) is 5.91 Å². The molecule has 5 heteroatoms. The van der Waals surface area contributed by atoms with Crippen LogP contribution in [0.1, 0.15) is 16.7 Å². The average molecular weight is 496 g/mol. The molecule has 28 heavy (non-hydrogen) atoms. The van der Waals surface area contributed by atoms with Gasteiger partial charge < -0.3 is 0 Å². The summed E-state index contributed by atoms with van der Waals surface area (Å²) in [5.41, 5.74) is 4.16. The summed E-state index contributed by atoms with van der Waals surface area (Å²) in [5.74, 6) is 0.501. The summed E-state index contributed by atoms with van der Waals surface area (Å²) in [7, 11) is 0. The fraction of sp³-hybridized carbons (Fsp3) is 0.0435. The van der Waals surface area contributed by atoms with Crippen molar-refractivity contribution >= 4 is 55.4 Å². The lowest BCUT2D eigenvalue weighted by Crippen LogP contribution is -2.32. The molecular formula is C23H16Br2N2O. The molecule has 1 heterocycles. The Kier molecular flexibility index (Phi) is 5.29. The number of hydrogen-bond donors (Lipinski definition) is 0. The molecule has 0 bridgehead atoms. The number of aryl methyl sites for hydroxylation is 1. The molecular weight excluding hydrogens is 480 g/mol. The fourth-order valence-corrected chi connectivity index (χ4v) is 3.57. The first-order chi connectivity index (χ1) is 13.5. The van der Waals surface area contributed by atoms with Crippen molar-refractivity contribution in [3.8, 4) is 0 Å². The van der Waals surface area contributed by atoms with Crippen molar-refractivity contribution in [3.05, 3.63) is 104 Å². The quantitative estimate of drug-likeness (QED) is 0.389. The number of benzene rings is 3. The van der Waals surface area contributed by atoms with Crippen LogP contribution in [0.2, 0.25) is 0 Å². The molecule has 1 aliphatic rings. The predicted octanol–water partition coefficient (Wildman–Crippen LogP) is 6.35. The van der Waals surface area contributed by atoms with Gasteiger partial charge in [0.15, 0.2) is 0 Å². The second kappa shape index (κ2) is 7.86. The van der Waals surface area contributed by atoms with Crippen LogP contribution in [-0.2, 0) is 4.79 Å². The first-order valence-electron chi connectivity index (χ1n) is 8.74. The number of amidine groups is 1. The number of amides is 1. The lowest BCUT2D eigenvalue weighted by molar-refractivity contribution is -0.113. The van der Waals surface area contributed by atoms with Gasteiger partial charge in [-0.1, -0.05) is 67.8 Å². The molecule has 138 valence electrons. The monoisotopic (exact) mass is 494 g/mol. The smallest absolute Gasteiger partial charge is 0.266 e. The molecule has 3 aromatic rings. The lowest BCUT2D eigenvalue weighted by Gasteiger charge is -2.19. The van der Waals surface area contributed by atoms with Gasteiger partial charge >= 0.3 is 0 Å². The number of nitrogens with zero attached hydrogens (tertiary/aromatic N) is 2. The Morgan fingerprint density at radius 2 is 1.54 bits per heavy atom. The largest absolute Gasteiger partial charge is 0.282 e. The zero-order valence-corrected chi connectivity index (χ0v) is 18.2. The Labute approximate surface area is 180 Å². The maximum absolute atomic E-state index is 13.3. The van der Waals surface area contributed by atoms with Crippen LogP contribution < -0.4 is 4.90 Å². The van der Waals surface area contributed by atoms with Crippen molar-refractivity contribution in [2.24, 2.45) is 4.99 Å². The van der Waals surface area contributed by atoms with E-state index < -0.39 is 0 Å². The molecule has 0 radical (unpaired) electrons. The van der Waals surface area contributed by atoms with Gasteiger partial charge in [-0.25, -0.2) is 4.99 Å². The molecule has 0 aromatic heterocycles. The Hall–Kier alpha value is -2.50. The Morgan fingerprint density at radius 1 is 0.893 bits per heavy atom. The van der Waals surface area contributed by atoms with Crippen molar-refractivity contribution in [3.63, 3.8) is 0 Å². The van der Waals surface area contributed by atoms with E-state index in [2.05, 4.69) is 31.9 Å². The van der Waals surface area contributed by atoms with E-state index in [0.717, 1.165) is 31.3 Å². The SMILES string of the molecule is Cc1cccc(C2=N/C(=C/c3ccc(Br)cc3)C(=O)N2c2ccc(Br)cc2)c1. The van der Waals surface area contributed by atoms with Gasteiger partial charge in [0.05, 0.1) is 5.69 Å². The number of hydrogen-bond acceptors (Lipinski definition) is 2. The Morgan fingerprint density at radius 3 is 2.18 bits per heavy atom. The van der Waals surface area contributed by atoms with Gasteiger partial charge in [-0.05, 0) is 61.0 Å². The van der Waals surface area contributed by atoms with E-state index in [1.54, 1.807) is 4.90 Å². The summed E-state index contributed by atoms with van der Waals surface area (Å²) in [6.45, 7) is 2.03. The number of rotatable bonds is 3. The van der Waals surface area contributed by atoms with Crippen LogP contribution >= 0.6 is 31.9 Å². The van der Waals surface area contributed by atoms with Crippen molar-refractivity contribution in [2.45, 2.75) is 6.92 Å². The van der Waals surface area contributed by atoms with Gasteiger partial charge in [0.2, 0.25) is 0 Å². The van der Waals surface area contributed by atoms with Gasteiger partial charge in [0.1, 0.15) is 11.5 Å². The van der Waals surface area contributed by atoms with E-state index >= 15 is 0 Å². The van der Waals surface area contributed by atoms with Crippen LogP contribution in [0.25, 0.3) is 6.08 Å². The second-order valence-electron chi connectivity index (χ2n) is 6.50. The van der Waals surface area contributed by atoms with E-state index in [1.807, 2.05) is 85.8 Å². The van der Waals surface area contributed by atoms with Crippen LogP contribution in [0.3, 0.4) is 0 Å².